The number of carbonyl (C=O) groups is 1. The Kier molecular flexibility index (Phi) is 8.02. The van der Waals surface area contributed by atoms with E-state index in [0.29, 0.717) is 9.69 Å². The minimum Gasteiger partial charge on any atom is -0.493 e. The van der Waals surface area contributed by atoms with E-state index in [2.05, 4.69) is 4.18 Å². The van der Waals surface area contributed by atoms with Gasteiger partial charge in [0.05, 0.1) is 25.1 Å². The van der Waals surface area contributed by atoms with Gasteiger partial charge in [-0.15, -0.1) is 0 Å². The van der Waals surface area contributed by atoms with Crippen LogP contribution < -0.4 is 18.5 Å². The van der Waals surface area contributed by atoms with Gasteiger partial charge in [0.25, 0.3) is 16.0 Å². The van der Waals surface area contributed by atoms with Gasteiger partial charge in [-0.25, -0.2) is 13.4 Å². The number of fused-ring (bicyclic) bond motifs is 1. The number of benzene rings is 3. The van der Waals surface area contributed by atoms with Crippen LogP contribution in [0, 0.1) is 5.82 Å². The van der Waals surface area contributed by atoms with Crippen LogP contribution in [0.15, 0.2) is 54.6 Å². The highest BCUT2D eigenvalue weighted by atomic mass is 32.2. The summed E-state index contributed by atoms with van der Waals surface area (Å²) in [6.45, 7) is 0.271. The lowest BCUT2D eigenvalue weighted by atomic mass is 10.1. The van der Waals surface area contributed by atoms with Crippen LogP contribution in [0.5, 0.6) is 11.5 Å². The van der Waals surface area contributed by atoms with Crippen molar-refractivity contribution in [3.05, 3.63) is 66.0 Å². The lowest BCUT2D eigenvalue weighted by Crippen LogP contribution is -2.33. The van der Waals surface area contributed by atoms with Gasteiger partial charge in [0.15, 0.2) is 5.82 Å². The molecule has 0 aliphatic carbocycles. The van der Waals surface area contributed by atoms with Gasteiger partial charge >= 0.3 is 10.2 Å². The summed E-state index contributed by atoms with van der Waals surface area (Å²) in [7, 11) is -8.08. The summed E-state index contributed by atoms with van der Waals surface area (Å²) in [5.41, 5.74) is -1.16. The van der Waals surface area contributed by atoms with E-state index in [9.17, 15) is 26.7 Å². The predicted molar refractivity (Wildman–Crippen MR) is 141 cm³/mol. The van der Waals surface area contributed by atoms with Gasteiger partial charge in [0, 0.05) is 11.8 Å². The number of hydrogen-bond donors (Lipinski definition) is 2. The Balaban J connectivity index is 1.62. The van der Waals surface area contributed by atoms with E-state index in [4.69, 9.17) is 9.47 Å². The average Bonchev–Trinajstić information content (AvgIpc) is 3.13. The molecule has 1 heterocycles. The van der Waals surface area contributed by atoms with E-state index in [1.807, 2.05) is 10.8 Å². The fraction of sp³-hybridized carbons (Fsp3) is 0.320. The molecule has 0 spiro atoms. The summed E-state index contributed by atoms with van der Waals surface area (Å²) in [4.78, 5) is 11.9. The van der Waals surface area contributed by atoms with Gasteiger partial charge in [-0.1, -0.05) is 36.4 Å². The number of amides is 1. The van der Waals surface area contributed by atoms with E-state index < -0.39 is 56.5 Å². The second-order valence-electron chi connectivity index (χ2n) is 9.29. The molecule has 210 valence electrons. The van der Waals surface area contributed by atoms with E-state index in [0.717, 1.165) is 11.8 Å². The molecule has 2 N–H and O–H groups in total. The first-order chi connectivity index (χ1) is 18.2. The van der Waals surface area contributed by atoms with Crippen LogP contribution in [0.4, 0.5) is 10.1 Å². The molecule has 39 heavy (non-hydrogen) atoms. The molecule has 1 atom stereocenters. The summed E-state index contributed by atoms with van der Waals surface area (Å²) in [5.74, 6) is -1.61. The van der Waals surface area contributed by atoms with E-state index in [1.165, 1.54) is 19.1 Å². The van der Waals surface area contributed by atoms with Gasteiger partial charge in [0.2, 0.25) is 0 Å². The molecule has 0 saturated carbocycles. The van der Waals surface area contributed by atoms with E-state index >= 15 is 4.39 Å². The van der Waals surface area contributed by atoms with Gasteiger partial charge in [-0.3, -0.25) is 8.98 Å². The minimum absolute atomic E-state index is 0.000353. The number of aliphatic hydroxyl groups is 1. The van der Waals surface area contributed by atoms with Crippen molar-refractivity contribution in [2.45, 2.75) is 25.6 Å². The molecule has 0 radical (unpaired) electrons. The summed E-state index contributed by atoms with van der Waals surface area (Å²) in [5, 5.41) is 10.7. The summed E-state index contributed by atoms with van der Waals surface area (Å²) in [6, 6.07) is 15.0. The molecule has 4 rings (SSSR count). The third kappa shape index (κ3) is 7.15. The number of hydrogen-bond acceptors (Lipinski definition) is 9. The zero-order chi connectivity index (χ0) is 28.4. The maximum Gasteiger partial charge on any atom is 0.326 e. The molecule has 1 unspecified atom stereocenters. The highest BCUT2D eigenvalue weighted by Crippen LogP contribution is 2.40. The second kappa shape index (κ2) is 11.0. The first-order valence-corrected chi connectivity index (χ1v) is 15.0. The molecule has 1 fully saturated rings. The minimum atomic E-state index is -4.34. The Morgan fingerprint density at radius 1 is 1.13 bits per heavy atom. The van der Waals surface area contributed by atoms with Crippen molar-refractivity contribution in [2.75, 3.05) is 30.3 Å². The summed E-state index contributed by atoms with van der Waals surface area (Å²) < 4.78 is 82.1. The lowest BCUT2D eigenvalue weighted by molar-refractivity contribution is -0.117. The SMILES string of the molecule is CC(O)(CCOc1ccc2cc(OCc3ccccc3)c(N3CC(=O)NS3(=O)=O)c(F)c2c1)COS(C)(=O)=O. The largest absolute Gasteiger partial charge is 0.493 e. The maximum absolute atomic E-state index is 16.0. The molecule has 0 bridgehead atoms. The average molecular weight is 583 g/mol. The molecular formula is C25H27FN2O9S2. The van der Waals surface area contributed by atoms with Gasteiger partial charge in [-0.2, -0.15) is 16.8 Å². The molecule has 0 aromatic heterocycles. The molecule has 14 heteroatoms. The van der Waals surface area contributed by atoms with E-state index in [1.54, 1.807) is 36.4 Å². The van der Waals surface area contributed by atoms with Crippen molar-refractivity contribution >= 4 is 42.7 Å². The number of rotatable bonds is 11. The zero-order valence-electron chi connectivity index (χ0n) is 21.1. The summed E-state index contributed by atoms with van der Waals surface area (Å²) in [6.07, 6.45) is 0.870. The first-order valence-electron chi connectivity index (χ1n) is 11.7. The van der Waals surface area contributed by atoms with Crippen molar-refractivity contribution in [3.8, 4) is 11.5 Å². The Labute approximate surface area is 225 Å². The monoisotopic (exact) mass is 582 g/mol. The number of halogens is 1. The molecule has 3 aromatic carbocycles. The van der Waals surface area contributed by atoms with Gasteiger partial charge < -0.3 is 14.6 Å². The van der Waals surface area contributed by atoms with Crippen LogP contribution in [0.2, 0.25) is 0 Å². The van der Waals surface area contributed by atoms with Crippen LogP contribution in [0.25, 0.3) is 10.8 Å². The smallest absolute Gasteiger partial charge is 0.326 e. The van der Waals surface area contributed by atoms with Crippen molar-refractivity contribution in [2.24, 2.45) is 0 Å². The summed E-state index contributed by atoms with van der Waals surface area (Å²) >= 11 is 0. The predicted octanol–water partition coefficient (Wildman–Crippen LogP) is 2.24. The van der Waals surface area contributed by atoms with Crippen LogP contribution >= 0.6 is 0 Å². The molecule has 3 aromatic rings. The molecule has 1 amide bonds. The van der Waals surface area contributed by atoms with Crippen molar-refractivity contribution in [1.82, 2.24) is 4.72 Å². The van der Waals surface area contributed by atoms with Crippen LogP contribution in [0.1, 0.15) is 18.9 Å². The van der Waals surface area contributed by atoms with Crippen molar-refractivity contribution < 1.29 is 44.8 Å². The third-order valence-electron chi connectivity index (χ3n) is 5.79. The fourth-order valence-corrected chi connectivity index (χ4v) is 5.43. The number of carbonyl (C=O) groups excluding carboxylic acids is 1. The number of ether oxygens (including phenoxy) is 2. The molecule has 1 aliphatic rings. The zero-order valence-corrected chi connectivity index (χ0v) is 22.7. The van der Waals surface area contributed by atoms with Crippen LogP contribution in [0.3, 0.4) is 0 Å². The van der Waals surface area contributed by atoms with Gasteiger partial charge in [-0.05, 0) is 36.1 Å². The number of nitrogens with one attached hydrogen (secondary N) is 1. The highest BCUT2D eigenvalue weighted by molar-refractivity contribution is 7.92. The molecule has 11 nitrogen and oxygen atoms in total. The Hall–Kier alpha value is -3.46. The Morgan fingerprint density at radius 2 is 1.85 bits per heavy atom. The number of anilines is 1. The Bertz CT molecular complexity index is 1590. The molecule has 1 aliphatic heterocycles. The van der Waals surface area contributed by atoms with Crippen molar-refractivity contribution in [1.29, 1.82) is 0 Å². The Morgan fingerprint density at radius 3 is 2.49 bits per heavy atom. The normalized spacial score (nSPS) is 16.6. The van der Waals surface area contributed by atoms with E-state index in [-0.39, 0.29) is 36.5 Å². The van der Waals surface area contributed by atoms with Gasteiger partial charge in [0.1, 0.15) is 30.3 Å². The molecule has 1 saturated heterocycles. The third-order valence-corrected chi connectivity index (χ3v) is 7.71. The maximum atomic E-state index is 16.0. The quantitative estimate of drug-likeness (QED) is 0.325. The first kappa shape index (κ1) is 28.5. The number of nitrogens with zero attached hydrogens (tertiary/aromatic N) is 1. The van der Waals surface area contributed by atoms with Crippen LogP contribution in [-0.4, -0.2) is 59.5 Å². The fourth-order valence-electron chi connectivity index (χ4n) is 3.80. The highest BCUT2D eigenvalue weighted by Gasteiger charge is 2.38. The van der Waals surface area contributed by atoms with Crippen molar-refractivity contribution in [3.63, 3.8) is 0 Å². The second-order valence-corrected chi connectivity index (χ2v) is 12.5. The topological polar surface area (TPSA) is 149 Å². The lowest BCUT2D eigenvalue weighted by Gasteiger charge is -2.23. The van der Waals surface area contributed by atoms with Crippen LogP contribution in [-0.2, 0) is 35.9 Å². The molecular weight excluding hydrogens is 555 g/mol. The standard InChI is InChI=1S/C25H27FN2O9S2/c1-25(30,16-37-38(2,31)32)10-11-35-19-9-8-18-12-21(36-15-17-6-4-3-5-7-17)24(23(26)20(18)13-19)28-14-22(29)27-39(28,33)34/h3-9,12-13,30H,10-11,14-16H2,1-2H3,(H,27,29).